The van der Waals surface area contributed by atoms with Crippen molar-refractivity contribution in [3.63, 3.8) is 0 Å². The fourth-order valence-corrected chi connectivity index (χ4v) is 1.50. The molecular formula is C14H15NO2PdS. The first kappa shape index (κ1) is 17.9. The standard InChI is InChI=1S/C13H12N.CH3O2S.Pd/c1-14-13-10-6-5-9-12(13)11-7-3-2-4-8-11;1-4(2)3;/h2-7,9-10,14H,1H3;1H3;/q2*-1;+2. The van der Waals surface area contributed by atoms with Gasteiger partial charge in [0.1, 0.15) is 0 Å². The quantitative estimate of drug-likeness (QED) is 0.504. The molecule has 0 saturated heterocycles. The minimum Gasteiger partial charge on any atom is -0.424 e. The van der Waals surface area contributed by atoms with E-state index in [4.69, 9.17) is 8.42 Å². The molecule has 19 heavy (non-hydrogen) atoms. The molecule has 0 unspecified atom stereocenters. The molecule has 5 heteroatoms. The summed E-state index contributed by atoms with van der Waals surface area (Å²) in [5.74, 6) is 0. The molecule has 2 rings (SSSR count). The fraction of sp³-hybridized carbons (Fsp3) is 0.143. The Morgan fingerprint density at radius 1 is 1.05 bits per heavy atom. The summed E-state index contributed by atoms with van der Waals surface area (Å²) in [6, 6.07) is 19.4. The van der Waals surface area contributed by atoms with Crippen LogP contribution in [0.5, 0.6) is 0 Å². The normalized spacial score (nSPS) is 9.00. The summed E-state index contributed by atoms with van der Waals surface area (Å²) >= 11 is 0. The molecule has 0 radical (unpaired) electrons. The van der Waals surface area contributed by atoms with Crippen LogP contribution in [0.15, 0.2) is 48.5 Å². The van der Waals surface area contributed by atoms with Crippen molar-refractivity contribution in [1.29, 1.82) is 0 Å². The third-order valence-electron chi connectivity index (χ3n) is 2.20. The van der Waals surface area contributed by atoms with Crippen LogP contribution in [0.2, 0.25) is 0 Å². The molecule has 0 heterocycles. The van der Waals surface area contributed by atoms with Gasteiger partial charge >= 0.3 is 20.4 Å². The number of hydrogen-bond acceptors (Lipinski definition) is 4. The molecule has 0 saturated carbocycles. The molecule has 0 spiro atoms. The Labute approximate surface area is 129 Å². The van der Waals surface area contributed by atoms with Gasteiger partial charge in [0.15, 0.2) is 0 Å². The molecule has 2 aromatic rings. The third-order valence-corrected chi connectivity index (χ3v) is 2.20. The first-order valence-corrected chi connectivity index (χ1v) is 6.88. The van der Waals surface area contributed by atoms with E-state index < -0.39 is 10.7 Å². The van der Waals surface area contributed by atoms with E-state index in [1.165, 1.54) is 5.56 Å². The van der Waals surface area contributed by atoms with Crippen molar-refractivity contribution in [3.8, 4) is 11.1 Å². The van der Waals surface area contributed by atoms with Crippen LogP contribution < -0.4 is 5.32 Å². The van der Waals surface area contributed by atoms with Gasteiger partial charge in [-0.15, -0.1) is 35.9 Å². The molecule has 104 valence electrons. The first-order chi connectivity index (χ1) is 8.65. The molecule has 0 atom stereocenters. The van der Waals surface area contributed by atoms with Crippen LogP contribution in [0.1, 0.15) is 0 Å². The Kier molecular flexibility index (Phi) is 9.15. The third kappa shape index (κ3) is 6.53. The van der Waals surface area contributed by atoms with Crippen molar-refractivity contribution < 1.29 is 28.8 Å². The van der Waals surface area contributed by atoms with Gasteiger partial charge in [-0.25, -0.2) is 0 Å². The summed E-state index contributed by atoms with van der Waals surface area (Å²) < 4.78 is 18.0. The number of para-hydroxylation sites is 1. The van der Waals surface area contributed by atoms with E-state index in [2.05, 4.69) is 29.6 Å². The average Bonchev–Trinajstić information content (AvgIpc) is 2.39. The average molecular weight is 368 g/mol. The van der Waals surface area contributed by atoms with E-state index in [9.17, 15) is 0 Å². The minimum absolute atomic E-state index is 0. The second-order valence-corrected chi connectivity index (χ2v) is 4.28. The van der Waals surface area contributed by atoms with Gasteiger partial charge in [-0.1, -0.05) is 40.7 Å². The summed E-state index contributed by atoms with van der Waals surface area (Å²) in [6.07, 6.45) is 1.08. The molecule has 0 aliphatic carbocycles. The number of benzene rings is 2. The van der Waals surface area contributed by atoms with Gasteiger partial charge in [0.2, 0.25) is 0 Å². The molecule has 2 aromatic carbocycles. The minimum atomic E-state index is -1.86. The van der Waals surface area contributed by atoms with Crippen LogP contribution >= 0.6 is 0 Å². The van der Waals surface area contributed by atoms with Crippen molar-refractivity contribution in [3.05, 3.63) is 54.6 Å². The Hall–Kier alpha value is -1.15. The van der Waals surface area contributed by atoms with Crippen LogP contribution in [0.3, 0.4) is 0 Å². The summed E-state index contributed by atoms with van der Waals surface area (Å²) in [4.78, 5) is 0. The zero-order valence-electron chi connectivity index (χ0n) is 10.7. The molecule has 0 aromatic heterocycles. The zero-order valence-corrected chi connectivity index (χ0v) is 13.0. The molecule has 0 bridgehead atoms. The monoisotopic (exact) mass is 367 g/mol. The largest absolute Gasteiger partial charge is 2.00 e. The van der Waals surface area contributed by atoms with Crippen molar-refractivity contribution in [2.24, 2.45) is 0 Å². The van der Waals surface area contributed by atoms with E-state index >= 15 is 0 Å². The van der Waals surface area contributed by atoms with Crippen LogP contribution in [0, 0.1) is 6.07 Å². The second-order valence-electron chi connectivity index (χ2n) is 3.47. The summed E-state index contributed by atoms with van der Waals surface area (Å²) in [5, 5.41) is 3.17. The Bertz CT molecular complexity index is 548. The van der Waals surface area contributed by atoms with E-state index in [0.29, 0.717) is 0 Å². The van der Waals surface area contributed by atoms with E-state index in [1.807, 2.05) is 37.4 Å². The molecule has 0 aliphatic rings. The van der Waals surface area contributed by atoms with Crippen molar-refractivity contribution in [1.82, 2.24) is 0 Å². The van der Waals surface area contributed by atoms with Gasteiger partial charge in [-0.2, -0.15) is 0 Å². The van der Waals surface area contributed by atoms with Gasteiger partial charge in [-0.3, -0.25) is 0 Å². The van der Waals surface area contributed by atoms with Gasteiger partial charge < -0.3 is 13.7 Å². The van der Waals surface area contributed by atoms with Crippen LogP contribution in [0.4, 0.5) is 5.69 Å². The molecule has 1 N–H and O–H groups in total. The maximum absolute atomic E-state index is 9.00. The summed E-state index contributed by atoms with van der Waals surface area (Å²) in [6.45, 7) is 0. The Morgan fingerprint density at radius 2 is 1.63 bits per heavy atom. The van der Waals surface area contributed by atoms with Crippen LogP contribution in [-0.4, -0.2) is 13.3 Å². The van der Waals surface area contributed by atoms with E-state index in [-0.39, 0.29) is 20.4 Å². The molecule has 3 nitrogen and oxygen atoms in total. The van der Waals surface area contributed by atoms with Crippen LogP contribution in [-0.2, 0) is 39.5 Å². The summed E-state index contributed by atoms with van der Waals surface area (Å²) in [7, 11) is 0.0712. The summed E-state index contributed by atoms with van der Waals surface area (Å²) in [5.41, 5.74) is 3.45. The van der Waals surface area contributed by atoms with Gasteiger partial charge in [-0.05, 0) is 11.8 Å². The predicted octanol–water partition coefficient (Wildman–Crippen LogP) is 3.12. The molecular weight excluding hydrogens is 353 g/mol. The van der Waals surface area contributed by atoms with Gasteiger partial charge in [0.25, 0.3) is 0 Å². The molecule has 0 amide bonds. The van der Waals surface area contributed by atoms with Gasteiger partial charge in [0, 0.05) is 7.05 Å². The van der Waals surface area contributed by atoms with Crippen molar-refractivity contribution >= 4 is 16.4 Å². The van der Waals surface area contributed by atoms with Crippen LogP contribution in [0.25, 0.3) is 11.1 Å². The van der Waals surface area contributed by atoms with E-state index in [1.54, 1.807) is 0 Å². The zero-order chi connectivity index (χ0) is 13.4. The SMILES string of the molecule is CNc1ccccc1-c1[c-]cccc1.C[S-](=O)=O.[Pd+2]. The predicted molar refractivity (Wildman–Crippen MR) is 74.9 cm³/mol. The second kappa shape index (κ2) is 9.74. The molecule has 0 fully saturated rings. The Balaban J connectivity index is 0.000000576. The maximum atomic E-state index is 9.00. The number of anilines is 1. The Morgan fingerprint density at radius 3 is 2.16 bits per heavy atom. The maximum Gasteiger partial charge on any atom is 2.00 e. The van der Waals surface area contributed by atoms with Crippen molar-refractivity contribution in [2.75, 3.05) is 18.6 Å². The number of nitrogens with one attached hydrogen (secondary N) is 1. The van der Waals surface area contributed by atoms with Crippen molar-refractivity contribution in [2.45, 2.75) is 0 Å². The smallest absolute Gasteiger partial charge is 0.424 e. The van der Waals surface area contributed by atoms with Gasteiger partial charge in [0.05, 0.1) is 0 Å². The van der Waals surface area contributed by atoms with E-state index in [0.717, 1.165) is 17.5 Å². The topological polar surface area (TPSA) is 46.2 Å². The fourth-order valence-electron chi connectivity index (χ4n) is 1.50. The number of hydrogen-bond donors (Lipinski definition) is 1. The number of rotatable bonds is 2. The molecule has 0 aliphatic heterocycles. The first-order valence-electron chi connectivity index (χ1n) is 5.40.